The molecule has 0 bridgehead atoms. The van der Waals surface area contributed by atoms with Crippen LogP contribution in [0.3, 0.4) is 0 Å². The molecule has 0 aromatic heterocycles. The molecule has 2 rings (SSSR count). The van der Waals surface area contributed by atoms with E-state index in [1.54, 1.807) is 18.2 Å². The van der Waals surface area contributed by atoms with E-state index in [4.69, 9.17) is 27.5 Å². The Bertz CT molecular complexity index is 616. The predicted molar refractivity (Wildman–Crippen MR) is 73.2 cm³/mol. The van der Waals surface area contributed by atoms with E-state index in [1.807, 2.05) is 6.07 Å². The van der Waals surface area contributed by atoms with Gasteiger partial charge in [-0.25, -0.2) is 4.39 Å². The molecular weight excluding hydrogens is 267 g/mol. The van der Waals surface area contributed by atoms with Crippen molar-refractivity contribution in [2.24, 2.45) is 5.73 Å². The molecule has 0 radical (unpaired) electrons. The second-order valence-corrected chi connectivity index (χ2v) is 4.39. The van der Waals surface area contributed by atoms with Gasteiger partial charge in [0.05, 0.1) is 5.02 Å². The Kier molecular flexibility index (Phi) is 4.02. The zero-order valence-electron chi connectivity index (χ0n) is 9.99. The van der Waals surface area contributed by atoms with Crippen molar-refractivity contribution in [1.82, 2.24) is 0 Å². The van der Waals surface area contributed by atoms with E-state index in [2.05, 4.69) is 0 Å². The first-order chi connectivity index (χ1) is 9.06. The van der Waals surface area contributed by atoms with E-state index in [0.29, 0.717) is 17.9 Å². The smallest absolute Gasteiger partial charge is 0.142 e. The molecule has 5 heteroatoms. The molecule has 0 heterocycles. The van der Waals surface area contributed by atoms with Crippen LogP contribution in [0.2, 0.25) is 5.02 Å². The molecule has 0 aliphatic carbocycles. The number of ether oxygens (including phenoxy) is 1. The third-order valence-electron chi connectivity index (χ3n) is 2.53. The molecule has 3 N–H and O–H groups in total. The molecule has 0 amide bonds. The quantitative estimate of drug-likeness (QED) is 0.666. The number of nitrogens with two attached hydrogens (primary N) is 1. The summed E-state index contributed by atoms with van der Waals surface area (Å²) >= 11 is 5.66. The van der Waals surface area contributed by atoms with Gasteiger partial charge in [-0.05, 0) is 23.8 Å². The van der Waals surface area contributed by atoms with Crippen molar-refractivity contribution in [2.75, 3.05) is 0 Å². The van der Waals surface area contributed by atoms with Crippen LogP contribution in [0, 0.1) is 11.2 Å². The number of hydrogen-bond donors (Lipinski definition) is 2. The van der Waals surface area contributed by atoms with Gasteiger partial charge in [0.2, 0.25) is 0 Å². The fourth-order valence-corrected chi connectivity index (χ4v) is 1.73. The second-order valence-electron chi connectivity index (χ2n) is 3.98. The maximum atomic E-state index is 13.0. The summed E-state index contributed by atoms with van der Waals surface area (Å²) in [6.07, 6.45) is 0. The number of rotatable bonds is 4. The van der Waals surface area contributed by atoms with Crippen LogP contribution in [0.4, 0.5) is 4.39 Å². The number of amidine groups is 1. The van der Waals surface area contributed by atoms with Crippen LogP contribution in [0.1, 0.15) is 11.1 Å². The monoisotopic (exact) mass is 278 g/mol. The molecule has 2 aromatic carbocycles. The van der Waals surface area contributed by atoms with Crippen molar-refractivity contribution in [3.63, 3.8) is 0 Å². The lowest BCUT2D eigenvalue weighted by molar-refractivity contribution is 0.306. The summed E-state index contributed by atoms with van der Waals surface area (Å²) in [5.41, 5.74) is 6.92. The van der Waals surface area contributed by atoms with Gasteiger partial charge in [0.25, 0.3) is 0 Å². The highest BCUT2D eigenvalue weighted by Crippen LogP contribution is 2.22. The third-order valence-corrected chi connectivity index (χ3v) is 2.82. The number of hydrogen-bond acceptors (Lipinski definition) is 2. The average Bonchev–Trinajstić information content (AvgIpc) is 2.40. The number of benzene rings is 2. The van der Waals surface area contributed by atoms with E-state index in [-0.39, 0.29) is 10.9 Å². The Morgan fingerprint density at radius 2 is 2.05 bits per heavy atom. The van der Waals surface area contributed by atoms with Crippen LogP contribution in [0.15, 0.2) is 42.5 Å². The second kappa shape index (κ2) is 5.71. The number of nitrogen functional groups attached to an aromatic ring is 1. The lowest BCUT2D eigenvalue weighted by atomic mass is 10.1. The summed E-state index contributed by atoms with van der Waals surface area (Å²) in [4.78, 5) is 0. The zero-order valence-corrected chi connectivity index (χ0v) is 10.7. The van der Waals surface area contributed by atoms with Gasteiger partial charge < -0.3 is 10.5 Å². The van der Waals surface area contributed by atoms with Crippen LogP contribution in [-0.4, -0.2) is 5.84 Å². The molecular formula is C14H12ClFN2O. The van der Waals surface area contributed by atoms with Crippen LogP contribution in [-0.2, 0) is 6.61 Å². The predicted octanol–water partition coefficient (Wildman–Crippen LogP) is 3.34. The molecule has 0 saturated carbocycles. The van der Waals surface area contributed by atoms with Crippen LogP contribution < -0.4 is 10.5 Å². The van der Waals surface area contributed by atoms with Gasteiger partial charge in [-0.15, -0.1) is 0 Å². The van der Waals surface area contributed by atoms with Gasteiger partial charge in [-0.2, -0.15) is 0 Å². The van der Waals surface area contributed by atoms with Crippen LogP contribution >= 0.6 is 11.6 Å². The van der Waals surface area contributed by atoms with Crippen molar-refractivity contribution in [2.45, 2.75) is 6.61 Å². The summed E-state index contributed by atoms with van der Waals surface area (Å²) in [5, 5.41) is 7.38. The van der Waals surface area contributed by atoms with Crippen molar-refractivity contribution in [3.8, 4) is 5.75 Å². The van der Waals surface area contributed by atoms with Crippen LogP contribution in [0.5, 0.6) is 5.75 Å². The molecule has 19 heavy (non-hydrogen) atoms. The highest BCUT2D eigenvalue weighted by Gasteiger charge is 2.03. The van der Waals surface area contributed by atoms with E-state index < -0.39 is 5.82 Å². The van der Waals surface area contributed by atoms with E-state index in [9.17, 15) is 4.39 Å². The molecule has 0 unspecified atom stereocenters. The molecule has 0 saturated heterocycles. The third kappa shape index (κ3) is 3.45. The molecule has 0 spiro atoms. The highest BCUT2D eigenvalue weighted by atomic mass is 35.5. The highest BCUT2D eigenvalue weighted by molar-refractivity contribution is 6.30. The fraction of sp³-hybridized carbons (Fsp3) is 0.0714. The summed E-state index contributed by atoms with van der Waals surface area (Å²) in [7, 11) is 0. The first kappa shape index (κ1) is 13.4. The lowest BCUT2D eigenvalue weighted by Gasteiger charge is -2.08. The molecule has 98 valence electrons. The minimum absolute atomic E-state index is 0.00618. The van der Waals surface area contributed by atoms with Gasteiger partial charge in [-0.1, -0.05) is 29.8 Å². The zero-order chi connectivity index (χ0) is 13.8. The minimum Gasteiger partial charge on any atom is -0.489 e. The van der Waals surface area contributed by atoms with E-state index in [0.717, 1.165) is 5.56 Å². The Morgan fingerprint density at radius 1 is 1.26 bits per heavy atom. The SMILES string of the molecule is N=C(N)c1cccc(COc2ccc(F)c(Cl)c2)c1. The lowest BCUT2D eigenvalue weighted by Crippen LogP contribution is -2.11. The standard InChI is InChI=1S/C14H12ClFN2O/c15-12-7-11(4-5-13(12)16)19-8-9-2-1-3-10(6-9)14(17)18/h1-7H,8H2,(H3,17,18). The summed E-state index contributed by atoms with van der Waals surface area (Å²) < 4.78 is 18.5. The Balaban J connectivity index is 2.07. The Hall–Kier alpha value is -2.07. The summed E-state index contributed by atoms with van der Waals surface area (Å²) in [6.45, 7) is 0.295. The van der Waals surface area contributed by atoms with Crippen LogP contribution in [0.25, 0.3) is 0 Å². The van der Waals surface area contributed by atoms with Crippen molar-refractivity contribution in [3.05, 3.63) is 64.4 Å². The largest absolute Gasteiger partial charge is 0.489 e. The normalized spacial score (nSPS) is 10.2. The summed E-state index contributed by atoms with van der Waals surface area (Å²) in [5.74, 6) is 0.0129. The average molecular weight is 279 g/mol. The minimum atomic E-state index is -0.479. The van der Waals surface area contributed by atoms with Crippen molar-refractivity contribution < 1.29 is 9.13 Å². The Labute approximate surface area is 115 Å². The molecule has 0 atom stereocenters. The number of nitrogens with one attached hydrogen (secondary N) is 1. The van der Waals surface area contributed by atoms with E-state index >= 15 is 0 Å². The van der Waals surface area contributed by atoms with Gasteiger partial charge in [0.15, 0.2) is 0 Å². The van der Waals surface area contributed by atoms with E-state index in [1.165, 1.54) is 18.2 Å². The molecule has 3 nitrogen and oxygen atoms in total. The summed E-state index contributed by atoms with van der Waals surface area (Å²) in [6, 6.07) is 11.4. The topological polar surface area (TPSA) is 59.1 Å². The van der Waals surface area contributed by atoms with Crippen molar-refractivity contribution >= 4 is 17.4 Å². The van der Waals surface area contributed by atoms with Gasteiger partial charge in [0, 0.05) is 11.6 Å². The first-order valence-electron chi connectivity index (χ1n) is 5.57. The van der Waals surface area contributed by atoms with Gasteiger partial charge in [-0.3, -0.25) is 5.41 Å². The maximum absolute atomic E-state index is 13.0. The maximum Gasteiger partial charge on any atom is 0.142 e. The first-order valence-corrected chi connectivity index (χ1v) is 5.95. The van der Waals surface area contributed by atoms with Crippen molar-refractivity contribution in [1.29, 1.82) is 5.41 Å². The molecule has 0 aliphatic rings. The Morgan fingerprint density at radius 3 is 2.74 bits per heavy atom. The molecule has 2 aromatic rings. The van der Waals surface area contributed by atoms with Gasteiger partial charge in [0.1, 0.15) is 24.0 Å². The molecule has 0 fully saturated rings. The molecule has 0 aliphatic heterocycles. The fourth-order valence-electron chi connectivity index (χ4n) is 1.56. The van der Waals surface area contributed by atoms with Gasteiger partial charge >= 0.3 is 0 Å². The number of halogens is 2.